The largest absolute Gasteiger partial charge is 0.408 e. The summed E-state index contributed by atoms with van der Waals surface area (Å²) in [6.07, 6.45) is -0.109. The lowest BCUT2D eigenvalue weighted by Crippen LogP contribution is -2.55. The number of ketones is 1. The molecule has 202 valence electrons. The van der Waals surface area contributed by atoms with Crippen LogP contribution in [0.15, 0.2) is 40.9 Å². The Morgan fingerprint density at radius 2 is 2.03 bits per heavy atom. The van der Waals surface area contributed by atoms with Gasteiger partial charge in [0.1, 0.15) is 29.1 Å². The molecule has 2 N–H and O–H groups in total. The third kappa shape index (κ3) is 3.98. The second kappa shape index (κ2) is 8.08. The number of β-amino-alcohol motifs (C(OH)–C–C–N with tert-alkyl or cyclic N) is 1. The minimum Gasteiger partial charge on any atom is -0.388 e. The molecule has 1 saturated heterocycles. The van der Waals surface area contributed by atoms with E-state index in [0.717, 1.165) is 17.3 Å². The molecule has 38 heavy (non-hydrogen) atoms. The van der Waals surface area contributed by atoms with Crippen LogP contribution in [0.2, 0.25) is 0 Å². The first-order valence-corrected chi connectivity index (χ1v) is 12.3. The highest BCUT2D eigenvalue weighted by Crippen LogP contribution is 2.51. The van der Waals surface area contributed by atoms with E-state index < -0.39 is 63.9 Å². The van der Waals surface area contributed by atoms with Crippen molar-refractivity contribution in [2.45, 2.75) is 50.4 Å². The molecule has 1 aromatic rings. The molecule has 1 aromatic heterocycles. The summed E-state index contributed by atoms with van der Waals surface area (Å²) in [5, 5.41) is 12.4. The number of piperidine rings is 1. The van der Waals surface area contributed by atoms with Crippen LogP contribution in [0.5, 0.6) is 0 Å². The fourth-order valence-corrected chi connectivity index (χ4v) is 5.58. The number of alkyl halides is 3. The van der Waals surface area contributed by atoms with E-state index in [0.29, 0.717) is 44.2 Å². The Kier molecular flexibility index (Phi) is 5.30. The van der Waals surface area contributed by atoms with E-state index in [-0.39, 0.29) is 18.2 Å². The van der Waals surface area contributed by atoms with Gasteiger partial charge >= 0.3 is 6.18 Å². The van der Waals surface area contributed by atoms with Crippen molar-refractivity contribution in [1.29, 1.82) is 0 Å². The number of nitrogens with one attached hydrogen (secondary N) is 1. The lowest BCUT2D eigenvalue weighted by atomic mass is 9.74. The number of aliphatic hydroxyl groups is 1. The Morgan fingerprint density at radius 1 is 1.29 bits per heavy atom. The maximum Gasteiger partial charge on any atom is 0.408 e. The topological polar surface area (TPSA) is 98.1 Å². The number of carbonyl (C=O) groups excluding carboxylic acids is 2. The van der Waals surface area contributed by atoms with Crippen LogP contribution in [0.3, 0.4) is 0 Å². The molecule has 4 unspecified atom stereocenters. The maximum atomic E-state index is 14.9. The number of aliphatic imine (C=N–C) groups is 1. The van der Waals surface area contributed by atoms with Gasteiger partial charge in [0, 0.05) is 31.3 Å². The van der Waals surface area contributed by atoms with E-state index >= 15 is 0 Å². The first-order valence-electron chi connectivity index (χ1n) is 12.3. The molecule has 4 heterocycles. The summed E-state index contributed by atoms with van der Waals surface area (Å²) in [5.74, 6) is -4.80. The van der Waals surface area contributed by atoms with Crippen LogP contribution < -0.4 is 10.2 Å². The minimum atomic E-state index is -4.71. The maximum absolute atomic E-state index is 14.9. The van der Waals surface area contributed by atoms with Crippen molar-refractivity contribution in [2.24, 2.45) is 22.2 Å². The van der Waals surface area contributed by atoms with Gasteiger partial charge in [0.25, 0.3) is 5.91 Å². The number of amidine groups is 1. The fraction of sp³-hybridized carbons (Fsp3) is 0.520. The number of Topliss-reactive ketones (excluding diaryl/α,β-unsaturated/α-hetero) is 1. The number of pyridine rings is 1. The van der Waals surface area contributed by atoms with Gasteiger partial charge in [-0.1, -0.05) is 0 Å². The van der Waals surface area contributed by atoms with Crippen LogP contribution in [0.4, 0.5) is 27.8 Å². The zero-order valence-corrected chi connectivity index (χ0v) is 20.2. The number of fused-ring (bicyclic) bond motifs is 2. The number of hydrogen-bond acceptors (Lipinski definition) is 7. The Morgan fingerprint density at radius 3 is 2.63 bits per heavy atom. The van der Waals surface area contributed by atoms with E-state index in [2.05, 4.69) is 9.98 Å². The predicted molar refractivity (Wildman–Crippen MR) is 123 cm³/mol. The summed E-state index contributed by atoms with van der Waals surface area (Å²) >= 11 is 0. The molecule has 0 aromatic carbocycles. The predicted octanol–water partition coefficient (Wildman–Crippen LogP) is 2.81. The van der Waals surface area contributed by atoms with Crippen LogP contribution in [0, 0.1) is 28.9 Å². The van der Waals surface area contributed by atoms with Crippen molar-refractivity contribution < 1.29 is 36.6 Å². The van der Waals surface area contributed by atoms with Gasteiger partial charge in [-0.25, -0.2) is 18.8 Å². The van der Waals surface area contributed by atoms with Crippen molar-refractivity contribution in [3.8, 4) is 0 Å². The highest BCUT2D eigenvalue weighted by molar-refractivity contribution is 6.32. The van der Waals surface area contributed by atoms with Crippen LogP contribution in [-0.2, 0) is 9.59 Å². The molecular formula is C25H24F5N5O3. The van der Waals surface area contributed by atoms with E-state index in [1.165, 1.54) is 6.92 Å². The first-order chi connectivity index (χ1) is 17.8. The van der Waals surface area contributed by atoms with E-state index in [4.69, 9.17) is 0 Å². The molecule has 2 aliphatic carbocycles. The summed E-state index contributed by atoms with van der Waals surface area (Å²) in [6.45, 7) is 2.33. The molecule has 2 saturated carbocycles. The number of amides is 1. The second-order valence-corrected chi connectivity index (χ2v) is 11.0. The minimum absolute atomic E-state index is 0.00307. The zero-order chi connectivity index (χ0) is 27.2. The van der Waals surface area contributed by atoms with Crippen LogP contribution in [0.1, 0.15) is 32.6 Å². The third-order valence-corrected chi connectivity index (χ3v) is 8.06. The van der Waals surface area contributed by atoms with Crippen molar-refractivity contribution >= 4 is 23.3 Å². The summed E-state index contributed by atoms with van der Waals surface area (Å²) < 4.78 is 69.3. The monoisotopic (exact) mass is 537 g/mol. The molecule has 3 aliphatic heterocycles. The van der Waals surface area contributed by atoms with Crippen LogP contribution in [-0.4, -0.2) is 63.4 Å². The van der Waals surface area contributed by atoms with E-state index in [9.17, 15) is 36.6 Å². The Balaban J connectivity index is 1.40. The molecule has 1 amide bonds. The first kappa shape index (κ1) is 25.0. The molecule has 8 nitrogen and oxygen atoms in total. The van der Waals surface area contributed by atoms with Crippen molar-refractivity contribution in [2.75, 3.05) is 18.0 Å². The lowest BCUT2D eigenvalue weighted by molar-refractivity contribution is -0.165. The highest BCUT2D eigenvalue weighted by atomic mass is 19.4. The second-order valence-electron chi connectivity index (χ2n) is 11.0. The number of allylic oxidation sites excluding steroid dienone is 1. The molecule has 5 aliphatic rings. The van der Waals surface area contributed by atoms with Gasteiger partial charge in [-0.3, -0.25) is 14.5 Å². The van der Waals surface area contributed by atoms with Gasteiger partial charge in [-0.05, 0) is 44.6 Å². The van der Waals surface area contributed by atoms with Gasteiger partial charge in [-0.15, -0.1) is 0 Å². The summed E-state index contributed by atoms with van der Waals surface area (Å²) in [5.41, 5.74) is -2.95. The molecule has 0 spiro atoms. The quantitative estimate of drug-likeness (QED) is 0.443. The Labute approximate surface area is 213 Å². The fourth-order valence-electron chi connectivity index (χ4n) is 5.58. The van der Waals surface area contributed by atoms with Gasteiger partial charge < -0.3 is 15.3 Å². The van der Waals surface area contributed by atoms with Crippen molar-refractivity contribution in [3.63, 3.8) is 0 Å². The molecule has 0 bridgehead atoms. The molecule has 4 atom stereocenters. The third-order valence-electron chi connectivity index (χ3n) is 8.06. The summed E-state index contributed by atoms with van der Waals surface area (Å²) in [4.78, 5) is 38.0. The van der Waals surface area contributed by atoms with E-state index in [1.807, 2.05) is 10.2 Å². The van der Waals surface area contributed by atoms with E-state index in [1.54, 1.807) is 6.08 Å². The SMILES string of the molecule is CC12CC=C(N3CC4CC4(O)C3)N=C1N(c1ncc(F)cc1F)C=C(C(=O)NC(C1CC1)C(F)(F)F)C2=O. The van der Waals surface area contributed by atoms with Gasteiger partial charge in [0.15, 0.2) is 17.4 Å². The Bertz CT molecular complexity index is 1340. The summed E-state index contributed by atoms with van der Waals surface area (Å²) in [7, 11) is 0. The number of rotatable bonds is 5. The molecule has 0 radical (unpaired) electrons. The van der Waals surface area contributed by atoms with Gasteiger partial charge in [0.2, 0.25) is 0 Å². The van der Waals surface area contributed by atoms with Gasteiger partial charge in [-0.2, -0.15) is 13.2 Å². The molecule has 13 heteroatoms. The van der Waals surface area contributed by atoms with Crippen LogP contribution >= 0.6 is 0 Å². The number of likely N-dealkylation sites (tertiary alicyclic amines) is 1. The number of anilines is 1. The number of halogens is 5. The number of hydrogen-bond donors (Lipinski definition) is 2. The number of carbonyl (C=O) groups is 2. The standard InChI is InChI=1S/C25H24F5N5O3/c1-23-5-4-17(34-9-13-7-24(13,38)11-34)32-22(23)35(20-16(27)6-14(26)8-31-20)10-15(19(23)36)21(37)33-18(12-2-3-12)25(28,29)30/h4,6,8,10,12-13,18,38H,2-3,5,7,9,11H2,1H3,(H,33,37). The average Bonchev–Trinajstić information content (AvgIpc) is 3.75. The summed E-state index contributed by atoms with van der Waals surface area (Å²) in [6, 6.07) is -1.55. The van der Waals surface area contributed by atoms with Crippen molar-refractivity contribution in [1.82, 2.24) is 15.2 Å². The van der Waals surface area contributed by atoms with Crippen molar-refractivity contribution in [3.05, 3.63) is 47.6 Å². The normalized spacial score (nSPS) is 31.2. The molecule has 3 fully saturated rings. The van der Waals surface area contributed by atoms with Crippen LogP contribution in [0.25, 0.3) is 0 Å². The zero-order valence-electron chi connectivity index (χ0n) is 20.2. The molecule has 6 rings (SSSR count). The average molecular weight is 537 g/mol. The Hall–Kier alpha value is -3.35. The number of aromatic nitrogens is 1. The lowest BCUT2D eigenvalue weighted by Gasteiger charge is -2.41. The smallest absolute Gasteiger partial charge is 0.388 e. The highest BCUT2D eigenvalue weighted by Gasteiger charge is 2.60. The molecular weight excluding hydrogens is 513 g/mol. The van der Waals surface area contributed by atoms with Gasteiger partial charge in [0.05, 0.1) is 17.2 Å². The number of nitrogens with zero attached hydrogens (tertiary/aromatic N) is 4.